The molecular formula is C18H13N5OS2. The molecule has 4 aromatic rings. The Morgan fingerprint density at radius 1 is 1.27 bits per heavy atom. The number of fused-ring (bicyclic) bond motifs is 3. The van der Waals surface area contributed by atoms with Gasteiger partial charge >= 0.3 is 0 Å². The first-order valence-electron chi connectivity index (χ1n) is 7.86. The lowest BCUT2D eigenvalue weighted by Crippen LogP contribution is -2.22. The van der Waals surface area contributed by atoms with Crippen LogP contribution in [0.2, 0.25) is 0 Å². The van der Waals surface area contributed by atoms with Crippen LogP contribution >= 0.6 is 23.1 Å². The van der Waals surface area contributed by atoms with Crippen LogP contribution in [0, 0.1) is 11.3 Å². The molecule has 0 radical (unpaired) electrons. The molecule has 0 aliphatic carbocycles. The second-order valence-electron chi connectivity index (χ2n) is 5.61. The first-order valence-corrected chi connectivity index (χ1v) is 9.55. The fourth-order valence-corrected chi connectivity index (χ4v) is 4.44. The summed E-state index contributed by atoms with van der Waals surface area (Å²) in [5.74, 6) is -0.152. The van der Waals surface area contributed by atoms with Crippen molar-refractivity contribution in [2.45, 2.75) is 17.3 Å². The summed E-state index contributed by atoms with van der Waals surface area (Å²) >= 11 is 2.93. The maximum absolute atomic E-state index is 12.5. The van der Waals surface area contributed by atoms with E-state index in [-0.39, 0.29) is 11.2 Å². The maximum atomic E-state index is 12.5. The number of rotatable bonds is 4. The number of aromatic nitrogens is 3. The SMILES string of the molecule is C[C@H](Sc1nnc2sc3ccccc3n12)C(=O)Nc1cccc(C#N)c1. The van der Waals surface area contributed by atoms with Crippen molar-refractivity contribution in [2.24, 2.45) is 0 Å². The van der Waals surface area contributed by atoms with Crippen LogP contribution in [0.4, 0.5) is 5.69 Å². The smallest absolute Gasteiger partial charge is 0.237 e. The molecule has 1 N–H and O–H groups in total. The van der Waals surface area contributed by atoms with Gasteiger partial charge in [-0.05, 0) is 37.3 Å². The Hall–Kier alpha value is -2.89. The zero-order valence-corrected chi connectivity index (χ0v) is 15.3. The maximum Gasteiger partial charge on any atom is 0.237 e. The number of hydrogen-bond donors (Lipinski definition) is 1. The molecule has 1 amide bonds. The summed E-state index contributed by atoms with van der Waals surface area (Å²) in [5, 5.41) is 20.6. The summed E-state index contributed by atoms with van der Waals surface area (Å²) in [6.45, 7) is 1.82. The summed E-state index contributed by atoms with van der Waals surface area (Å²) < 4.78 is 3.11. The fourth-order valence-electron chi connectivity index (χ4n) is 2.55. The molecule has 6 nitrogen and oxygen atoms in total. The monoisotopic (exact) mass is 379 g/mol. The number of nitriles is 1. The van der Waals surface area contributed by atoms with Gasteiger partial charge in [-0.2, -0.15) is 5.26 Å². The Kier molecular flexibility index (Phi) is 4.32. The fraction of sp³-hybridized carbons (Fsp3) is 0.111. The minimum atomic E-state index is -0.369. The van der Waals surface area contributed by atoms with Gasteiger partial charge in [0.25, 0.3) is 0 Å². The molecule has 2 aromatic heterocycles. The molecule has 0 unspecified atom stereocenters. The van der Waals surface area contributed by atoms with E-state index in [4.69, 9.17) is 5.26 Å². The van der Waals surface area contributed by atoms with Crippen molar-refractivity contribution < 1.29 is 4.79 Å². The molecule has 4 rings (SSSR count). The van der Waals surface area contributed by atoms with Gasteiger partial charge in [0.2, 0.25) is 10.9 Å². The van der Waals surface area contributed by atoms with E-state index in [1.54, 1.807) is 35.6 Å². The quantitative estimate of drug-likeness (QED) is 0.543. The molecule has 0 fully saturated rings. The summed E-state index contributed by atoms with van der Waals surface area (Å²) in [6.07, 6.45) is 0. The predicted molar refractivity (Wildman–Crippen MR) is 103 cm³/mol. The first-order chi connectivity index (χ1) is 12.7. The number of nitrogens with one attached hydrogen (secondary N) is 1. The summed E-state index contributed by atoms with van der Waals surface area (Å²) in [4.78, 5) is 13.3. The molecule has 0 bridgehead atoms. The molecule has 26 heavy (non-hydrogen) atoms. The summed E-state index contributed by atoms with van der Waals surface area (Å²) in [7, 11) is 0. The van der Waals surface area contributed by atoms with Crippen LogP contribution in [-0.4, -0.2) is 25.8 Å². The van der Waals surface area contributed by atoms with Crippen LogP contribution in [0.5, 0.6) is 0 Å². The van der Waals surface area contributed by atoms with Crippen molar-refractivity contribution in [3.8, 4) is 6.07 Å². The molecule has 1 atom stereocenters. The summed E-state index contributed by atoms with van der Waals surface area (Å²) in [5.41, 5.74) is 2.15. The lowest BCUT2D eigenvalue weighted by Gasteiger charge is -2.11. The molecule has 0 saturated carbocycles. The molecule has 128 valence electrons. The Morgan fingerprint density at radius 2 is 2.12 bits per heavy atom. The van der Waals surface area contributed by atoms with E-state index < -0.39 is 0 Å². The van der Waals surface area contributed by atoms with E-state index in [1.165, 1.54) is 11.8 Å². The first kappa shape index (κ1) is 16.6. The number of para-hydroxylation sites is 1. The van der Waals surface area contributed by atoms with Crippen molar-refractivity contribution in [1.29, 1.82) is 5.26 Å². The third kappa shape index (κ3) is 3.03. The highest BCUT2D eigenvalue weighted by atomic mass is 32.2. The van der Waals surface area contributed by atoms with Gasteiger partial charge in [0.1, 0.15) is 0 Å². The number of carbonyl (C=O) groups is 1. The Balaban J connectivity index is 1.56. The van der Waals surface area contributed by atoms with Crippen molar-refractivity contribution in [3.05, 3.63) is 54.1 Å². The largest absolute Gasteiger partial charge is 0.325 e. The zero-order valence-electron chi connectivity index (χ0n) is 13.7. The predicted octanol–water partition coefficient (Wildman–Crippen LogP) is 3.93. The van der Waals surface area contributed by atoms with Crippen LogP contribution in [0.25, 0.3) is 15.2 Å². The third-order valence-corrected chi connectivity index (χ3v) is 5.88. The molecule has 0 aliphatic rings. The van der Waals surface area contributed by atoms with Gasteiger partial charge in [-0.15, -0.1) is 10.2 Å². The highest BCUT2D eigenvalue weighted by molar-refractivity contribution is 8.00. The van der Waals surface area contributed by atoms with Gasteiger partial charge < -0.3 is 5.32 Å². The average molecular weight is 379 g/mol. The van der Waals surface area contributed by atoms with Crippen molar-refractivity contribution >= 4 is 49.9 Å². The lowest BCUT2D eigenvalue weighted by molar-refractivity contribution is -0.115. The second kappa shape index (κ2) is 6.78. The number of anilines is 1. The third-order valence-electron chi connectivity index (χ3n) is 3.82. The molecule has 2 heterocycles. The molecule has 0 spiro atoms. The number of hydrogen-bond acceptors (Lipinski definition) is 6. The van der Waals surface area contributed by atoms with E-state index in [0.717, 1.165) is 15.2 Å². The Labute approximate surface area is 157 Å². The second-order valence-corrected chi connectivity index (χ2v) is 7.93. The van der Waals surface area contributed by atoms with Crippen molar-refractivity contribution in [1.82, 2.24) is 14.6 Å². The van der Waals surface area contributed by atoms with E-state index in [1.807, 2.05) is 35.6 Å². The van der Waals surface area contributed by atoms with E-state index >= 15 is 0 Å². The number of thiazole rings is 1. The zero-order chi connectivity index (χ0) is 18.1. The van der Waals surface area contributed by atoms with Crippen molar-refractivity contribution in [3.63, 3.8) is 0 Å². The van der Waals surface area contributed by atoms with Gasteiger partial charge in [0, 0.05) is 5.69 Å². The lowest BCUT2D eigenvalue weighted by atomic mass is 10.2. The van der Waals surface area contributed by atoms with E-state index in [0.29, 0.717) is 16.4 Å². The standard InChI is InChI=1S/C18H13N5OS2/c1-11(16(24)20-13-6-4-5-12(9-13)10-19)25-17-21-22-18-23(17)14-7-2-3-8-15(14)26-18/h2-9,11H,1H3,(H,20,24)/t11-/m0/s1. The number of nitrogens with zero attached hydrogens (tertiary/aromatic N) is 4. The molecule has 2 aromatic carbocycles. The van der Waals surface area contributed by atoms with Crippen LogP contribution in [0.1, 0.15) is 12.5 Å². The number of amides is 1. The normalized spacial score (nSPS) is 12.2. The van der Waals surface area contributed by atoms with Crippen LogP contribution in [0.15, 0.2) is 53.7 Å². The Morgan fingerprint density at radius 3 is 2.96 bits per heavy atom. The average Bonchev–Trinajstić information content (AvgIpc) is 3.21. The number of thioether (sulfide) groups is 1. The van der Waals surface area contributed by atoms with Crippen LogP contribution in [-0.2, 0) is 4.79 Å². The van der Waals surface area contributed by atoms with E-state index in [2.05, 4.69) is 21.6 Å². The molecule has 0 aliphatic heterocycles. The highest BCUT2D eigenvalue weighted by Crippen LogP contribution is 2.31. The van der Waals surface area contributed by atoms with E-state index in [9.17, 15) is 4.79 Å². The van der Waals surface area contributed by atoms with Gasteiger partial charge in [0.05, 0.1) is 27.1 Å². The van der Waals surface area contributed by atoms with Gasteiger partial charge in [-0.3, -0.25) is 9.20 Å². The van der Waals surface area contributed by atoms with Gasteiger partial charge in [-0.25, -0.2) is 0 Å². The number of benzene rings is 2. The summed E-state index contributed by atoms with van der Waals surface area (Å²) in [6, 6.07) is 16.9. The van der Waals surface area contributed by atoms with Crippen LogP contribution in [0.3, 0.4) is 0 Å². The minimum Gasteiger partial charge on any atom is -0.325 e. The highest BCUT2D eigenvalue weighted by Gasteiger charge is 2.20. The Bertz CT molecular complexity index is 1160. The number of carbonyl (C=O) groups excluding carboxylic acids is 1. The van der Waals surface area contributed by atoms with Crippen LogP contribution < -0.4 is 5.32 Å². The molecule has 8 heteroatoms. The molecule has 0 saturated heterocycles. The molecular weight excluding hydrogens is 366 g/mol. The topological polar surface area (TPSA) is 83.1 Å². The van der Waals surface area contributed by atoms with Gasteiger partial charge in [-0.1, -0.05) is 41.3 Å². The van der Waals surface area contributed by atoms with Gasteiger partial charge in [0.15, 0.2) is 5.16 Å². The minimum absolute atomic E-state index is 0.152. The van der Waals surface area contributed by atoms with Crippen molar-refractivity contribution in [2.75, 3.05) is 5.32 Å².